The van der Waals surface area contributed by atoms with Crippen molar-refractivity contribution in [2.24, 2.45) is 0 Å². The summed E-state index contributed by atoms with van der Waals surface area (Å²) in [6.07, 6.45) is 1.70. The number of benzene rings is 1. The summed E-state index contributed by atoms with van der Waals surface area (Å²) in [4.78, 5) is 38.7. The zero-order valence-corrected chi connectivity index (χ0v) is 17.4. The molecule has 146 valence electrons. The first-order chi connectivity index (χ1) is 14.0. The van der Waals surface area contributed by atoms with Crippen LogP contribution in [0.2, 0.25) is 0 Å². The van der Waals surface area contributed by atoms with Crippen LogP contribution in [-0.4, -0.2) is 31.2 Å². The van der Waals surface area contributed by atoms with E-state index < -0.39 is 0 Å². The Labute approximate surface area is 174 Å². The number of thioether (sulfide) groups is 1. The average molecular weight is 424 g/mol. The monoisotopic (exact) mass is 423 g/mol. The van der Waals surface area contributed by atoms with Crippen molar-refractivity contribution < 1.29 is 4.79 Å². The molecule has 0 fully saturated rings. The predicted molar refractivity (Wildman–Crippen MR) is 116 cm³/mol. The molecule has 9 heteroatoms. The number of thiazole rings is 1. The van der Waals surface area contributed by atoms with Crippen LogP contribution in [0, 0.1) is 13.8 Å². The molecule has 0 bridgehead atoms. The molecular formula is C20H17N5O2S2. The van der Waals surface area contributed by atoms with E-state index in [-0.39, 0.29) is 17.2 Å². The summed E-state index contributed by atoms with van der Waals surface area (Å²) in [5.41, 5.74) is 2.21. The standard InChI is InChI=1S/C20H17N5O2S2/c1-12-7-8-16(21-9-12)25-18(27)14-5-3-4-6-15(14)23-20(25)29-11-17(26)24-19-22-13(2)10-28-19/h3-10H,11H2,1-2H3,(H,22,24,26). The first-order valence-electron chi connectivity index (χ1n) is 8.81. The van der Waals surface area contributed by atoms with Gasteiger partial charge in [-0.3, -0.25) is 9.59 Å². The van der Waals surface area contributed by atoms with E-state index in [1.54, 1.807) is 30.5 Å². The SMILES string of the molecule is Cc1ccc(-n2c(SCC(=O)Nc3nc(C)cs3)nc3ccccc3c2=O)nc1. The Morgan fingerprint density at radius 3 is 2.72 bits per heavy atom. The van der Waals surface area contributed by atoms with E-state index in [0.717, 1.165) is 11.3 Å². The van der Waals surface area contributed by atoms with Gasteiger partial charge >= 0.3 is 0 Å². The number of anilines is 1. The van der Waals surface area contributed by atoms with Crippen molar-refractivity contribution in [2.45, 2.75) is 19.0 Å². The van der Waals surface area contributed by atoms with Crippen molar-refractivity contribution in [1.82, 2.24) is 19.5 Å². The minimum atomic E-state index is -0.217. The third-order valence-corrected chi connectivity index (χ3v) is 5.88. The first-order valence-corrected chi connectivity index (χ1v) is 10.7. The number of amides is 1. The van der Waals surface area contributed by atoms with Crippen LogP contribution in [0.4, 0.5) is 5.13 Å². The second kappa shape index (κ2) is 8.14. The van der Waals surface area contributed by atoms with E-state index >= 15 is 0 Å². The number of rotatable bonds is 5. The van der Waals surface area contributed by atoms with Crippen LogP contribution in [0.5, 0.6) is 0 Å². The lowest BCUT2D eigenvalue weighted by Gasteiger charge is -2.12. The fraction of sp³-hybridized carbons (Fsp3) is 0.150. The van der Waals surface area contributed by atoms with Crippen molar-refractivity contribution in [3.63, 3.8) is 0 Å². The van der Waals surface area contributed by atoms with Crippen LogP contribution in [0.15, 0.2) is 57.9 Å². The van der Waals surface area contributed by atoms with Crippen molar-refractivity contribution in [2.75, 3.05) is 11.1 Å². The number of aromatic nitrogens is 4. The lowest BCUT2D eigenvalue weighted by Crippen LogP contribution is -2.23. The summed E-state index contributed by atoms with van der Waals surface area (Å²) in [7, 11) is 0. The minimum absolute atomic E-state index is 0.0925. The van der Waals surface area contributed by atoms with E-state index in [2.05, 4.69) is 20.3 Å². The Bertz CT molecular complexity index is 1250. The van der Waals surface area contributed by atoms with E-state index in [0.29, 0.717) is 27.0 Å². The van der Waals surface area contributed by atoms with Crippen LogP contribution in [-0.2, 0) is 4.79 Å². The first kappa shape index (κ1) is 19.3. The highest BCUT2D eigenvalue weighted by Gasteiger charge is 2.16. The molecule has 4 aromatic rings. The lowest BCUT2D eigenvalue weighted by atomic mass is 10.2. The molecule has 0 aliphatic heterocycles. The van der Waals surface area contributed by atoms with Crippen molar-refractivity contribution in [1.29, 1.82) is 0 Å². The quantitative estimate of drug-likeness (QED) is 0.390. The third kappa shape index (κ3) is 4.20. The highest BCUT2D eigenvalue weighted by molar-refractivity contribution is 7.99. The number of aryl methyl sites for hydroxylation is 2. The van der Waals surface area contributed by atoms with Gasteiger partial charge in [0.15, 0.2) is 10.3 Å². The second-order valence-electron chi connectivity index (χ2n) is 6.38. The molecule has 0 aliphatic carbocycles. The molecule has 0 radical (unpaired) electrons. The molecule has 0 saturated heterocycles. The molecule has 1 aromatic carbocycles. The molecule has 29 heavy (non-hydrogen) atoms. The Hall–Kier alpha value is -3.04. The van der Waals surface area contributed by atoms with Gasteiger partial charge in [-0.2, -0.15) is 0 Å². The highest BCUT2D eigenvalue weighted by Crippen LogP contribution is 2.21. The van der Waals surface area contributed by atoms with Gasteiger partial charge in [-0.1, -0.05) is 30.0 Å². The number of carbonyl (C=O) groups is 1. The average Bonchev–Trinajstić information content (AvgIpc) is 3.12. The van der Waals surface area contributed by atoms with Crippen molar-refractivity contribution in [3.05, 3.63) is 69.6 Å². The maximum atomic E-state index is 13.1. The topological polar surface area (TPSA) is 89.8 Å². The van der Waals surface area contributed by atoms with Crippen LogP contribution < -0.4 is 10.9 Å². The number of fused-ring (bicyclic) bond motifs is 1. The summed E-state index contributed by atoms with van der Waals surface area (Å²) in [6, 6.07) is 10.8. The molecule has 3 heterocycles. The molecule has 7 nitrogen and oxygen atoms in total. The van der Waals surface area contributed by atoms with Crippen LogP contribution >= 0.6 is 23.1 Å². The summed E-state index contributed by atoms with van der Waals surface area (Å²) in [5.74, 6) is 0.349. The second-order valence-corrected chi connectivity index (χ2v) is 8.18. The zero-order chi connectivity index (χ0) is 20.4. The van der Waals surface area contributed by atoms with Gasteiger partial charge < -0.3 is 5.32 Å². The Kier molecular flexibility index (Phi) is 5.41. The Balaban J connectivity index is 1.68. The van der Waals surface area contributed by atoms with Crippen LogP contribution in [0.1, 0.15) is 11.3 Å². The number of pyridine rings is 1. The van der Waals surface area contributed by atoms with Gasteiger partial charge in [0, 0.05) is 11.6 Å². The Morgan fingerprint density at radius 1 is 1.17 bits per heavy atom. The summed E-state index contributed by atoms with van der Waals surface area (Å²) >= 11 is 2.56. The number of carbonyl (C=O) groups excluding carboxylic acids is 1. The molecule has 3 aromatic heterocycles. The fourth-order valence-electron chi connectivity index (χ4n) is 2.70. The summed E-state index contributed by atoms with van der Waals surface area (Å²) in [6.45, 7) is 3.80. The molecule has 0 aliphatic rings. The third-order valence-electron chi connectivity index (χ3n) is 4.07. The molecule has 1 amide bonds. The minimum Gasteiger partial charge on any atom is -0.301 e. The highest BCUT2D eigenvalue weighted by atomic mass is 32.2. The fourth-order valence-corrected chi connectivity index (χ4v) is 4.21. The van der Waals surface area contributed by atoms with Gasteiger partial charge in [0.25, 0.3) is 5.56 Å². The van der Waals surface area contributed by atoms with Gasteiger partial charge in [0.1, 0.15) is 5.82 Å². The van der Waals surface area contributed by atoms with E-state index in [1.807, 2.05) is 31.4 Å². The van der Waals surface area contributed by atoms with E-state index in [4.69, 9.17) is 0 Å². The number of nitrogens with zero attached hydrogens (tertiary/aromatic N) is 4. The molecule has 4 rings (SSSR count). The van der Waals surface area contributed by atoms with Gasteiger partial charge in [0.05, 0.1) is 22.3 Å². The van der Waals surface area contributed by atoms with Gasteiger partial charge in [0.2, 0.25) is 5.91 Å². The maximum Gasteiger partial charge on any atom is 0.267 e. The van der Waals surface area contributed by atoms with Crippen molar-refractivity contribution in [3.8, 4) is 5.82 Å². The van der Waals surface area contributed by atoms with Gasteiger partial charge in [-0.05, 0) is 37.6 Å². The number of hydrogen-bond acceptors (Lipinski definition) is 7. The predicted octanol–water partition coefficient (Wildman–Crippen LogP) is 3.58. The van der Waals surface area contributed by atoms with Gasteiger partial charge in [-0.25, -0.2) is 19.5 Å². The number of para-hydroxylation sites is 1. The van der Waals surface area contributed by atoms with Gasteiger partial charge in [-0.15, -0.1) is 11.3 Å². The van der Waals surface area contributed by atoms with Crippen molar-refractivity contribution >= 4 is 45.0 Å². The number of nitrogens with one attached hydrogen (secondary N) is 1. The smallest absolute Gasteiger partial charge is 0.267 e. The Morgan fingerprint density at radius 2 is 2.00 bits per heavy atom. The lowest BCUT2D eigenvalue weighted by molar-refractivity contribution is -0.113. The molecular weight excluding hydrogens is 406 g/mol. The van der Waals surface area contributed by atoms with E-state index in [1.165, 1.54) is 27.7 Å². The van der Waals surface area contributed by atoms with Crippen LogP contribution in [0.3, 0.4) is 0 Å². The maximum absolute atomic E-state index is 13.1. The normalized spacial score (nSPS) is 11.0. The van der Waals surface area contributed by atoms with Crippen LogP contribution in [0.25, 0.3) is 16.7 Å². The molecule has 0 saturated carbocycles. The largest absolute Gasteiger partial charge is 0.301 e. The summed E-state index contributed by atoms with van der Waals surface area (Å²) < 4.78 is 1.45. The zero-order valence-electron chi connectivity index (χ0n) is 15.7. The number of hydrogen-bond donors (Lipinski definition) is 1. The molecule has 0 atom stereocenters. The molecule has 0 spiro atoms. The van der Waals surface area contributed by atoms with E-state index in [9.17, 15) is 9.59 Å². The molecule has 0 unspecified atom stereocenters. The molecule has 1 N–H and O–H groups in total. The summed E-state index contributed by atoms with van der Waals surface area (Å²) in [5, 5.41) is 6.10.